The van der Waals surface area contributed by atoms with Gasteiger partial charge in [-0.05, 0) is 73.7 Å². The summed E-state index contributed by atoms with van der Waals surface area (Å²) in [4.78, 5) is 15.4. The van der Waals surface area contributed by atoms with E-state index in [-0.39, 0.29) is 16.8 Å². The minimum absolute atomic E-state index is 0.00482. The van der Waals surface area contributed by atoms with Crippen molar-refractivity contribution >= 4 is 21.6 Å². The molecule has 5 rings (SSSR count). The lowest BCUT2D eigenvalue weighted by molar-refractivity contribution is 0.0734. The van der Waals surface area contributed by atoms with E-state index < -0.39 is 10.0 Å². The second-order valence-corrected chi connectivity index (χ2v) is 10.6. The van der Waals surface area contributed by atoms with Crippen LogP contribution >= 0.6 is 0 Å². The molecule has 0 bridgehead atoms. The number of sulfonamides is 1. The Hall–Kier alpha value is -3.12. The highest BCUT2D eigenvalue weighted by Gasteiger charge is 2.36. The molecule has 2 heterocycles. The smallest absolute Gasteiger partial charge is 0.264 e. The van der Waals surface area contributed by atoms with Crippen LogP contribution in [0.25, 0.3) is 0 Å². The minimum Gasteiger partial charge on any atom is -0.334 e. The van der Waals surface area contributed by atoms with Crippen molar-refractivity contribution in [2.45, 2.75) is 44.2 Å². The van der Waals surface area contributed by atoms with Crippen LogP contribution in [-0.4, -0.2) is 31.8 Å². The van der Waals surface area contributed by atoms with Crippen molar-refractivity contribution in [1.82, 2.24) is 4.90 Å². The Balaban J connectivity index is 1.43. The van der Waals surface area contributed by atoms with E-state index in [2.05, 4.69) is 12.1 Å². The van der Waals surface area contributed by atoms with Gasteiger partial charge >= 0.3 is 0 Å². The van der Waals surface area contributed by atoms with Crippen LogP contribution in [0.4, 0.5) is 5.69 Å². The maximum absolute atomic E-state index is 13.4. The second-order valence-electron chi connectivity index (χ2n) is 8.76. The van der Waals surface area contributed by atoms with E-state index in [1.54, 1.807) is 24.3 Å². The van der Waals surface area contributed by atoms with E-state index in [4.69, 9.17) is 0 Å². The van der Waals surface area contributed by atoms with Crippen molar-refractivity contribution in [3.8, 4) is 0 Å². The third-order valence-electron chi connectivity index (χ3n) is 6.48. The highest BCUT2D eigenvalue weighted by molar-refractivity contribution is 7.92. The van der Waals surface area contributed by atoms with Gasteiger partial charge in [-0.1, -0.05) is 42.0 Å². The van der Waals surface area contributed by atoms with Crippen molar-refractivity contribution < 1.29 is 13.2 Å². The molecule has 2 aliphatic rings. The van der Waals surface area contributed by atoms with Crippen molar-refractivity contribution in [2.75, 3.05) is 10.8 Å². The molecule has 0 spiro atoms. The zero-order valence-electron chi connectivity index (χ0n) is 18.3. The van der Waals surface area contributed by atoms with Crippen LogP contribution in [-0.2, 0) is 29.4 Å². The quantitative estimate of drug-likeness (QED) is 0.602. The van der Waals surface area contributed by atoms with E-state index in [0.29, 0.717) is 30.8 Å². The first-order valence-electron chi connectivity index (χ1n) is 10.9. The number of hydrogen-bond acceptors (Lipinski definition) is 3. The highest BCUT2D eigenvalue weighted by atomic mass is 32.2. The van der Waals surface area contributed by atoms with Gasteiger partial charge in [0.25, 0.3) is 15.9 Å². The number of nitrogens with zero attached hydrogens (tertiary/aromatic N) is 2. The molecule has 0 saturated carbocycles. The molecule has 1 amide bonds. The summed E-state index contributed by atoms with van der Waals surface area (Å²) in [6.07, 6.45) is 1.44. The predicted molar refractivity (Wildman–Crippen MR) is 125 cm³/mol. The number of benzene rings is 3. The number of aryl methyl sites for hydroxylation is 1. The zero-order chi connectivity index (χ0) is 22.5. The molecule has 0 saturated heterocycles. The number of carbonyl (C=O) groups excluding carboxylic acids is 1. The average Bonchev–Trinajstić information content (AvgIpc) is 3.14. The lowest BCUT2D eigenvalue weighted by Gasteiger charge is -2.29. The number of carbonyl (C=O) groups is 1. The molecule has 0 unspecified atom stereocenters. The Morgan fingerprint density at radius 1 is 0.938 bits per heavy atom. The second kappa shape index (κ2) is 7.78. The molecule has 2 aliphatic heterocycles. The van der Waals surface area contributed by atoms with Crippen LogP contribution in [0.15, 0.2) is 71.6 Å². The molecule has 3 aromatic rings. The zero-order valence-corrected chi connectivity index (χ0v) is 19.1. The molecule has 164 valence electrons. The third kappa shape index (κ3) is 3.48. The molecule has 6 heteroatoms. The van der Waals surface area contributed by atoms with Gasteiger partial charge in [0.2, 0.25) is 0 Å². The molecule has 1 atom stereocenters. The van der Waals surface area contributed by atoms with Crippen molar-refractivity contribution in [3.05, 3.63) is 94.5 Å². The summed E-state index contributed by atoms with van der Waals surface area (Å²) in [5.41, 5.74) is 5.69. The fourth-order valence-electron chi connectivity index (χ4n) is 4.78. The van der Waals surface area contributed by atoms with Crippen LogP contribution in [0.1, 0.15) is 39.5 Å². The Morgan fingerprint density at radius 2 is 1.66 bits per heavy atom. The first kappa shape index (κ1) is 20.8. The first-order chi connectivity index (χ1) is 15.3. The first-order valence-corrected chi connectivity index (χ1v) is 12.4. The molecule has 3 aromatic carbocycles. The highest BCUT2D eigenvalue weighted by Crippen LogP contribution is 2.37. The lowest BCUT2D eigenvalue weighted by atomic mass is 9.99. The number of rotatable bonds is 3. The SMILES string of the molecule is Cc1ccc(S(=O)(=O)N2c3ccc(C(=O)N4CCc5ccccc5C4)cc3C[C@H]2C)cc1. The number of amides is 1. The molecule has 5 nitrogen and oxygen atoms in total. The van der Waals surface area contributed by atoms with Crippen LogP contribution in [0.2, 0.25) is 0 Å². The fourth-order valence-corrected chi connectivity index (χ4v) is 6.47. The minimum atomic E-state index is -3.67. The summed E-state index contributed by atoms with van der Waals surface area (Å²) < 4.78 is 28.2. The molecule has 0 aliphatic carbocycles. The van der Waals surface area contributed by atoms with Gasteiger partial charge in [-0.15, -0.1) is 0 Å². The summed E-state index contributed by atoms with van der Waals surface area (Å²) in [5.74, 6) is -0.00482. The largest absolute Gasteiger partial charge is 0.334 e. The van der Waals surface area contributed by atoms with Crippen molar-refractivity contribution in [1.29, 1.82) is 0 Å². The van der Waals surface area contributed by atoms with E-state index >= 15 is 0 Å². The maximum Gasteiger partial charge on any atom is 0.264 e. The standard InChI is InChI=1S/C26H26N2O3S/c1-18-7-10-24(11-8-18)32(30,31)28-19(2)15-23-16-21(9-12-25(23)28)26(29)27-14-13-20-5-3-4-6-22(20)17-27/h3-12,16,19H,13-15,17H2,1-2H3/t19-/m1/s1. The van der Waals surface area contributed by atoms with E-state index in [1.165, 1.54) is 15.4 Å². The summed E-state index contributed by atoms with van der Waals surface area (Å²) in [5, 5.41) is 0. The number of fused-ring (bicyclic) bond motifs is 2. The van der Waals surface area contributed by atoms with Crippen LogP contribution < -0.4 is 4.31 Å². The molecule has 0 radical (unpaired) electrons. The van der Waals surface area contributed by atoms with E-state index in [1.807, 2.05) is 49.1 Å². The van der Waals surface area contributed by atoms with Crippen molar-refractivity contribution in [2.24, 2.45) is 0 Å². The van der Waals surface area contributed by atoms with Gasteiger partial charge < -0.3 is 4.90 Å². The summed E-state index contributed by atoms with van der Waals surface area (Å²) in [7, 11) is -3.67. The molecule has 0 N–H and O–H groups in total. The number of hydrogen-bond donors (Lipinski definition) is 0. The molecule has 0 fully saturated rings. The Kier molecular flexibility index (Phi) is 5.05. The summed E-state index contributed by atoms with van der Waals surface area (Å²) in [6, 6.07) is 20.4. The Morgan fingerprint density at radius 3 is 2.41 bits per heavy atom. The van der Waals surface area contributed by atoms with Gasteiger partial charge in [0, 0.05) is 24.7 Å². The van der Waals surface area contributed by atoms with Gasteiger partial charge in [0.15, 0.2) is 0 Å². The predicted octanol–water partition coefficient (Wildman–Crippen LogP) is 4.33. The molecule has 32 heavy (non-hydrogen) atoms. The third-order valence-corrected chi connectivity index (χ3v) is 8.42. The van der Waals surface area contributed by atoms with Gasteiger partial charge in [0.1, 0.15) is 0 Å². The topological polar surface area (TPSA) is 57.7 Å². The van der Waals surface area contributed by atoms with Crippen LogP contribution in [0.5, 0.6) is 0 Å². The summed E-state index contributed by atoms with van der Waals surface area (Å²) >= 11 is 0. The van der Waals surface area contributed by atoms with Crippen molar-refractivity contribution in [3.63, 3.8) is 0 Å². The van der Waals surface area contributed by atoms with Gasteiger partial charge in [0.05, 0.1) is 10.6 Å². The fraction of sp³-hybridized carbons (Fsp3) is 0.269. The lowest BCUT2D eigenvalue weighted by Crippen LogP contribution is -2.36. The monoisotopic (exact) mass is 446 g/mol. The van der Waals surface area contributed by atoms with Gasteiger partial charge in [-0.25, -0.2) is 8.42 Å². The van der Waals surface area contributed by atoms with E-state index in [0.717, 1.165) is 17.5 Å². The van der Waals surface area contributed by atoms with Gasteiger partial charge in [-0.2, -0.15) is 0 Å². The normalized spacial score (nSPS) is 17.8. The van der Waals surface area contributed by atoms with Gasteiger partial charge in [-0.3, -0.25) is 9.10 Å². The average molecular weight is 447 g/mol. The summed E-state index contributed by atoms with van der Waals surface area (Å²) in [6.45, 7) is 5.14. The van der Waals surface area contributed by atoms with Crippen LogP contribution in [0.3, 0.4) is 0 Å². The maximum atomic E-state index is 13.4. The Bertz CT molecular complexity index is 1300. The van der Waals surface area contributed by atoms with Crippen LogP contribution in [0, 0.1) is 6.92 Å². The Labute approximate surface area is 189 Å². The number of anilines is 1. The molecule has 0 aromatic heterocycles. The molecular weight excluding hydrogens is 420 g/mol. The van der Waals surface area contributed by atoms with E-state index in [9.17, 15) is 13.2 Å². The molecular formula is C26H26N2O3S.